The van der Waals surface area contributed by atoms with Crippen LogP contribution < -0.4 is 10.6 Å². The molecule has 0 aromatic rings. The van der Waals surface area contributed by atoms with Gasteiger partial charge >= 0.3 is 0 Å². The molecule has 2 fully saturated rings. The molecule has 0 unspecified atom stereocenters. The molecule has 1 aliphatic heterocycles. The van der Waals surface area contributed by atoms with Gasteiger partial charge in [0.25, 0.3) is 0 Å². The zero-order chi connectivity index (χ0) is 14.6. The molecule has 0 bridgehead atoms. The molecule has 1 saturated carbocycles. The molecule has 1 saturated heterocycles. The highest BCUT2D eigenvalue weighted by Gasteiger charge is 2.11. The molecule has 22 heavy (non-hydrogen) atoms. The van der Waals surface area contributed by atoms with Crippen molar-refractivity contribution >= 4 is 12.4 Å². The summed E-state index contributed by atoms with van der Waals surface area (Å²) in [4.78, 5) is 2.60. The van der Waals surface area contributed by atoms with Gasteiger partial charge in [0.2, 0.25) is 0 Å². The summed E-state index contributed by atoms with van der Waals surface area (Å²) >= 11 is 0. The SMILES string of the molecule is C1CCCCCC(NCCN2CCNCC2)CCCCC1.Cl. The van der Waals surface area contributed by atoms with Crippen LogP contribution in [0.25, 0.3) is 0 Å². The fourth-order valence-electron chi connectivity index (χ4n) is 3.73. The predicted molar refractivity (Wildman–Crippen MR) is 99.1 cm³/mol. The Morgan fingerprint density at radius 2 is 1.27 bits per heavy atom. The summed E-state index contributed by atoms with van der Waals surface area (Å²) in [6, 6.07) is 0.785. The van der Waals surface area contributed by atoms with Gasteiger partial charge in [-0.15, -0.1) is 12.4 Å². The van der Waals surface area contributed by atoms with E-state index in [1.165, 1.54) is 110 Å². The Hall–Kier alpha value is 0.170. The Morgan fingerprint density at radius 1 is 0.773 bits per heavy atom. The molecule has 2 aliphatic rings. The molecule has 0 spiro atoms. The molecule has 4 heteroatoms. The maximum Gasteiger partial charge on any atom is 0.0108 e. The van der Waals surface area contributed by atoms with Crippen molar-refractivity contribution in [2.45, 2.75) is 76.7 Å². The van der Waals surface area contributed by atoms with Gasteiger partial charge in [0, 0.05) is 45.3 Å². The fourth-order valence-corrected chi connectivity index (χ4v) is 3.73. The van der Waals surface area contributed by atoms with Crippen LogP contribution in [-0.4, -0.2) is 50.2 Å². The van der Waals surface area contributed by atoms with Crippen molar-refractivity contribution < 1.29 is 0 Å². The van der Waals surface area contributed by atoms with Crippen molar-refractivity contribution in [2.75, 3.05) is 39.3 Å². The Kier molecular flexibility index (Phi) is 12.5. The quantitative estimate of drug-likeness (QED) is 0.824. The number of piperazine rings is 1. The van der Waals surface area contributed by atoms with Gasteiger partial charge in [-0.05, 0) is 12.8 Å². The highest BCUT2D eigenvalue weighted by Crippen LogP contribution is 2.16. The average molecular weight is 332 g/mol. The maximum absolute atomic E-state index is 3.86. The molecule has 1 aliphatic carbocycles. The second kappa shape index (κ2) is 13.6. The largest absolute Gasteiger partial charge is 0.314 e. The average Bonchev–Trinajstić information content (AvgIpc) is 2.51. The molecular formula is C18H38ClN3. The molecular weight excluding hydrogens is 294 g/mol. The summed E-state index contributed by atoms with van der Waals surface area (Å²) in [7, 11) is 0. The third kappa shape index (κ3) is 9.34. The summed E-state index contributed by atoms with van der Waals surface area (Å²) < 4.78 is 0. The first-order chi connectivity index (χ1) is 10.4. The normalized spacial score (nSPS) is 24.0. The lowest BCUT2D eigenvalue weighted by Gasteiger charge is -2.28. The summed E-state index contributed by atoms with van der Waals surface area (Å²) in [5, 5.41) is 7.29. The van der Waals surface area contributed by atoms with Gasteiger partial charge in [-0.25, -0.2) is 0 Å². The molecule has 0 atom stereocenters. The van der Waals surface area contributed by atoms with Gasteiger partial charge in [-0.2, -0.15) is 0 Å². The van der Waals surface area contributed by atoms with E-state index in [4.69, 9.17) is 0 Å². The van der Waals surface area contributed by atoms with E-state index >= 15 is 0 Å². The topological polar surface area (TPSA) is 27.3 Å². The number of nitrogens with zero attached hydrogens (tertiary/aromatic N) is 1. The van der Waals surface area contributed by atoms with Gasteiger partial charge in [0.15, 0.2) is 0 Å². The zero-order valence-corrected chi connectivity index (χ0v) is 15.3. The van der Waals surface area contributed by atoms with E-state index in [2.05, 4.69) is 15.5 Å². The molecule has 2 N–H and O–H groups in total. The van der Waals surface area contributed by atoms with Gasteiger partial charge in [0.1, 0.15) is 0 Å². The molecule has 3 nitrogen and oxygen atoms in total. The number of rotatable bonds is 4. The molecule has 0 radical (unpaired) electrons. The Morgan fingerprint density at radius 3 is 1.82 bits per heavy atom. The molecule has 1 heterocycles. The van der Waals surface area contributed by atoms with Crippen molar-refractivity contribution in [3.05, 3.63) is 0 Å². The number of hydrogen-bond donors (Lipinski definition) is 2. The van der Waals surface area contributed by atoms with Crippen molar-refractivity contribution in [3.8, 4) is 0 Å². The zero-order valence-electron chi connectivity index (χ0n) is 14.5. The van der Waals surface area contributed by atoms with E-state index in [0.29, 0.717) is 0 Å². The Bertz CT molecular complexity index is 232. The van der Waals surface area contributed by atoms with Crippen LogP contribution in [0, 0.1) is 0 Å². The monoisotopic (exact) mass is 331 g/mol. The van der Waals surface area contributed by atoms with Gasteiger partial charge < -0.3 is 10.6 Å². The second-order valence-electron chi connectivity index (χ2n) is 7.00. The minimum absolute atomic E-state index is 0. The fraction of sp³-hybridized carbons (Fsp3) is 1.00. The first-order valence-corrected chi connectivity index (χ1v) is 9.61. The smallest absolute Gasteiger partial charge is 0.0108 e. The molecule has 0 aromatic carbocycles. The highest BCUT2D eigenvalue weighted by atomic mass is 35.5. The summed E-state index contributed by atoms with van der Waals surface area (Å²) in [6.45, 7) is 7.22. The lowest BCUT2D eigenvalue weighted by molar-refractivity contribution is 0.235. The Labute approximate surface area is 144 Å². The van der Waals surface area contributed by atoms with E-state index < -0.39 is 0 Å². The van der Waals surface area contributed by atoms with Crippen LogP contribution in [0.5, 0.6) is 0 Å². The standard InChI is InChI=1S/C18H37N3.ClH/c1-2-4-6-8-10-18(11-9-7-5-3-1)20-14-17-21-15-12-19-13-16-21;/h18-20H,1-17H2;1H. The third-order valence-corrected chi connectivity index (χ3v) is 5.18. The van der Waals surface area contributed by atoms with E-state index in [0.717, 1.165) is 6.04 Å². The second-order valence-corrected chi connectivity index (χ2v) is 7.00. The first kappa shape index (κ1) is 20.2. The summed E-state index contributed by atoms with van der Waals surface area (Å²) in [6.07, 6.45) is 15.9. The minimum atomic E-state index is 0. The van der Waals surface area contributed by atoms with Crippen LogP contribution in [0.3, 0.4) is 0 Å². The van der Waals surface area contributed by atoms with Crippen molar-refractivity contribution in [3.63, 3.8) is 0 Å². The molecule has 0 aromatic heterocycles. The minimum Gasteiger partial charge on any atom is -0.314 e. The van der Waals surface area contributed by atoms with Gasteiger partial charge in [0.05, 0.1) is 0 Å². The lowest BCUT2D eigenvalue weighted by atomic mass is 9.98. The first-order valence-electron chi connectivity index (χ1n) is 9.61. The van der Waals surface area contributed by atoms with Crippen LogP contribution >= 0.6 is 12.4 Å². The van der Waals surface area contributed by atoms with Crippen molar-refractivity contribution in [2.24, 2.45) is 0 Å². The summed E-state index contributed by atoms with van der Waals surface area (Å²) in [5.41, 5.74) is 0. The lowest BCUT2D eigenvalue weighted by Crippen LogP contribution is -2.46. The van der Waals surface area contributed by atoms with Crippen LogP contribution in [0.15, 0.2) is 0 Å². The third-order valence-electron chi connectivity index (χ3n) is 5.18. The van der Waals surface area contributed by atoms with Crippen molar-refractivity contribution in [1.82, 2.24) is 15.5 Å². The van der Waals surface area contributed by atoms with Gasteiger partial charge in [-0.3, -0.25) is 4.90 Å². The van der Waals surface area contributed by atoms with E-state index in [1.54, 1.807) is 0 Å². The van der Waals surface area contributed by atoms with Crippen LogP contribution in [0.2, 0.25) is 0 Å². The van der Waals surface area contributed by atoms with E-state index in [1.807, 2.05) is 0 Å². The van der Waals surface area contributed by atoms with E-state index in [-0.39, 0.29) is 12.4 Å². The van der Waals surface area contributed by atoms with E-state index in [9.17, 15) is 0 Å². The summed E-state index contributed by atoms with van der Waals surface area (Å²) in [5.74, 6) is 0. The maximum atomic E-state index is 3.86. The number of halogens is 1. The highest BCUT2D eigenvalue weighted by molar-refractivity contribution is 5.85. The molecule has 2 rings (SSSR count). The number of nitrogens with one attached hydrogen (secondary N) is 2. The van der Waals surface area contributed by atoms with Crippen molar-refractivity contribution in [1.29, 1.82) is 0 Å². The van der Waals surface area contributed by atoms with Gasteiger partial charge in [-0.1, -0.05) is 57.8 Å². The molecule has 132 valence electrons. The Balaban J connectivity index is 0.00000242. The number of hydrogen-bond acceptors (Lipinski definition) is 3. The van der Waals surface area contributed by atoms with Crippen LogP contribution in [0.4, 0.5) is 0 Å². The predicted octanol–water partition coefficient (Wildman–Crippen LogP) is 3.58. The van der Waals surface area contributed by atoms with Crippen LogP contribution in [-0.2, 0) is 0 Å². The van der Waals surface area contributed by atoms with Crippen LogP contribution in [0.1, 0.15) is 70.6 Å². The molecule has 0 amide bonds.